The summed E-state index contributed by atoms with van der Waals surface area (Å²) in [7, 11) is 0. The van der Waals surface area contributed by atoms with Gasteiger partial charge in [-0.2, -0.15) is 0 Å². The van der Waals surface area contributed by atoms with E-state index >= 15 is 0 Å². The molecule has 0 bridgehead atoms. The Kier molecular flexibility index (Phi) is 7.05. The number of aliphatic imine (C=N–C) groups is 1. The third-order valence-electron chi connectivity index (χ3n) is 2.96. The van der Waals surface area contributed by atoms with Crippen molar-refractivity contribution in [2.75, 3.05) is 39.5 Å². The highest BCUT2D eigenvalue weighted by atomic mass is 16.5. The van der Waals surface area contributed by atoms with E-state index in [1.165, 1.54) is 0 Å². The third kappa shape index (κ3) is 5.69. The molecule has 18 heavy (non-hydrogen) atoms. The zero-order valence-electron chi connectivity index (χ0n) is 11.9. The Morgan fingerprint density at radius 3 is 2.83 bits per heavy atom. The van der Waals surface area contributed by atoms with Crippen LogP contribution in [0.1, 0.15) is 33.6 Å². The summed E-state index contributed by atoms with van der Waals surface area (Å²) in [6.45, 7) is 10.8. The summed E-state index contributed by atoms with van der Waals surface area (Å²) in [5, 5.41) is 6.48. The molecule has 1 aliphatic heterocycles. The minimum absolute atomic E-state index is 0.0811. The number of ether oxygens (including phenoxy) is 2. The average Bonchev–Trinajstić information content (AvgIpc) is 2.79. The van der Waals surface area contributed by atoms with Crippen molar-refractivity contribution >= 4 is 5.96 Å². The minimum Gasteiger partial charge on any atom is -0.380 e. The predicted molar refractivity (Wildman–Crippen MR) is 74.1 cm³/mol. The maximum absolute atomic E-state index is 5.72. The molecule has 0 amide bonds. The fourth-order valence-corrected chi connectivity index (χ4v) is 1.94. The number of hydrogen-bond donors (Lipinski definition) is 2. The second-order valence-corrected chi connectivity index (χ2v) is 4.72. The van der Waals surface area contributed by atoms with Gasteiger partial charge in [0.05, 0.1) is 18.8 Å². The molecular formula is C13H27N3O2. The first kappa shape index (κ1) is 15.2. The molecule has 0 saturated carbocycles. The quantitative estimate of drug-likeness (QED) is 0.408. The van der Waals surface area contributed by atoms with Gasteiger partial charge in [0.25, 0.3) is 0 Å². The van der Waals surface area contributed by atoms with Gasteiger partial charge in [0, 0.05) is 26.3 Å². The van der Waals surface area contributed by atoms with E-state index in [9.17, 15) is 0 Å². The van der Waals surface area contributed by atoms with E-state index < -0.39 is 0 Å². The lowest BCUT2D eigenvalue weighted by Crippen LogP contribution is -2.40. The van der Waals surface area contributed by atoms with Gasteiger partial charge in [0.2, 0.25) is 0 Å². The van der Waals surface area contributed by atoms with Crippen molar-refractivity contribution in [3.63, 3.8) is 0 Å². The van der Waals surface area contributed by atoms with E-state index in [-0.39, 0.29) is 5.60 Å². The van der Waals surface area contributed by atoms with Gasteiger partial charge in [-0.25, -0.2) is 0 Å². The number of guanidine groups is 1. The van der Waals surface area contributed by atoms with Gasteiger partial charge in [-0.05, 0) is 33.6 Å². The zero-order chi connectivity index (χ0) is 13.3. The Labute approximate surface area is 110 Å². The normalized spacial score (nSPS) is 24.3. The standard InChI is InChI=1S/C13H27N3O2/c1-4-14-12(15-8-10-17-5-2)16-11-13(3)7-6-9-18-13/h4-11H2,1-3H3,(H2,14,15,16). The Balaban J connectivity index is 2.34. The summed E-state index contributed by atoms with van der Waals surface area (Å²) in [6.07, 6.45) is 2.23. The van der Waals surface area contributed by atoms with E-state index in [1.54, 1.807) is 0 Å². The first-order chi connectivity index (χ1) is 8.70. The lowest BCUT2D eigenvalue weighted by Gasteiger charge is -2.21. The van der Waals surface area contributed by atoms with Gasteiger partial charge in [-0.15, -0.1) is 0 Å². The lowest BCUT2D eigenvalue weighted by molar-refractivity contribution is 0.0283. The molecule has 0 aliphatic carbocycles. The summed E-state index contributed by atoms with van der Waals surface area (Å²) in [5.41, 5.74) is -0.0811. The molecule has 0 radical (unpaired) electrons. The highest BCUT2D eigenvalue weighted by Gasteiger charge is 2.29. The van der Waals surface area contributed by atoms with Crippen LogP contribution in [0.25, 0.3) is 0 Å². The second kappa shape index (κ2) is 8.32. The van der Waals surface area contributed by atoms with Crippen LogP contribution in [0.2, 0.25) is 0 Å². The molecule has 0 aromatic rings. The molecule has 0 aromatic heterocycles. The van der Waals surface area contributed by atoms with Gasteiger partial charge in [0.15, 0.2) is 5.96 Å². The van der Waals surface area contributed by atoms with Crippen molar-refractivity contribution < 1.29 is 9.47 Å². The Morgan fingerprint density at radius 2 is 2.22 bits per heavy atom. The number of hydrogen-bond acceptors (Lipinski definition) is 3. The SMILES string of the molecule is CCNC(=NCC1(C)CCCO1)NCCOCC. The zero-order valence-corrected chi connectivity index (χ0v) is 11.9. The number of nitrogens with zero attached hydrogens (tertiary/aromatic N) is 1. The van der Waals surface area contributed by atoms with Gasteiger partial charge in [-0.3, -0.25) is 4.99 Å². The van der Waals surface area contributed by atoms with E-state index in [1.807, 2.05) is 6.92 Å². The summed E-state index contributed by atoms with van der Waals surface area (Å²) < 4.78 is 11.0. The summed E-state index contributed by atoms with van der Waals surface area (Å²) in [6, 6.07) is 0. The van der Waals surface area contributed by atoms with Crippen molar-refractivity contribution in [2.24, 2.45) is 4.99 Å². The summed E-state index contributed by atoms with van der Waals surface area (Å²) >= 11 is 0. The third-order valence-corrected chi connectivity index (χ3v) is 2.96. The molecule has 1 rings (SSSR count). The first-order valence-corrected chi connectivity index (χ1v) is 6.94. The highest BCUT2D eigenvalue weighted by molar-refractivity contribution is 5.79. The number of rotatable bonds is 7. The predicted octanol–water partition coefficient (Wildman–Crippen LogP) is 1.15. The van der Waals surface area contributed by atoms with Crippen LogP contribution in [-0.2, 0) is 9.47 Å². The van der Waals surface area contributed by atoms with Crippen LogP contribution in [0.15, 0.2) is 4.99 Å². The van der Waals surface area contributed by atoms with Crippen LogP contribution < -0.4 is 10.6 Å². The van der Waals surface area contributed by atoms with Crippen molar-refractivity contribution in [3.8, 4) is 0 Å². The number of nitrogens with one attached hydrogen (secondary N) is 2. The van der Waals surface area contributed by atoms with Crippen LogP contribution in [0, 0.1) is 0 Å². The van der Waals surface area contributed by atoms with E-state index in [0.717, 1.165) is 45.1 Å². The Bertz CT molecular complexity index is 251. The molecule has 1 aliphatic rings. The smallest absolute Gasteiger partial charge is 0.191 e. The van der Waals surface area contributed by atoms with Crippen LogP contribution in [0.5, 0.6) is 0 Å². The lowest BCUT2D eigenvalue weighted by atomic mass is 10.0. The largest absolute Gasteiger partial charge is 0.380 e. The summed E-state index contributed by atoms with van der Waals surface area (Å²) in [4.78, 5) is 4.58. The van der Waals surface area contributed by atoms with Gasteiger partial charge in [0.1, 0.15) is 0 Å². The molecule has 106 valence electrons. The van der Waals surface area contributed by atoms with Crippen LogP contribution in [0.3, 0.4) is 0 Å². The van der Waals surface area contributed by atoms with Crippen LogP contribution >= 0.6 is 0 Å². The molecule has 0 aromatic carbocycles. The van der Waals surface area contributed by atoms with Crippen molar-refractivity contribution in [3.05, 3.63) is 0 Å². The highest BCUT2D eigenvalue weighted by Crippen LogP contribution is 2.24. The second-order valence-electron chi connectivity index (χ2n) is 4.72. The van der Waals surface area contributed by atoms with Gasteiger partial charge >= 0.3 is 0 Å². The van der Waals surface area contributed by atoms with Crippen molar-refractivity contribution in [1.82, 2.24) is 10.6 Å². The van der Waals surface area contributed by atoms with E-state index in [4.69, 9.17) is 9.47 Å². The van der Waals surface area contributed by atoms with Crippen LogP contribution in [0.4, 0.5) is 0 Å². The molecule has 1 heterocycles. The average molecular weight is 257 g/mol. The molecule has 5 nitrogen and oxygen atoms in total. The molecule has 5 heteroatoms. The maximum Gasteiger partial charge on any atom is 0.191 e. The fraction of sp³-hybridized carbons (Fsp3) is 0.923. The summed E-state index contributed by atoms with van der Waals surface area (Å²) in [5.74, 6) is 0.842. The minimum atomic E-state index is -0.0811. The molecule has 1 atom stereocenters. The Morgan fingerprint density at radius 1 is 1.39 bits per heavy atom. The Hall–Kier alpha value is -0.810. The first-order valence-electron chi connectivity index (χ1n) is 6.94. The van der Waals surface area contributed by atoms with Crippen molar-refractivity contribution in [2.45, 2.75) is 39.2 Å². The topological polar surface area (TPSA) is 54.9 Å². The fourth-order valence-electron chi connectivity index (χ4n) is 1.94. The molecule has 2 N–H and O–H groups in total. The maximum atomic E-state index is 5.72. The molecule has 1 saturated heterocycles. The molecule has 1 unspecified atom stereocenters. The monoisotopic (exact) mass is 257 g/mol. The van der Waals surface area contributed by atoms with Crippen molar-refractivity contribution in [1.29, 1.82) is 0 Å². The van der Waals surface area contributed by atoms with E-state index in [2.05, 4.69) is 29.5 Å². The van der Waals surface area contributed by atoms with Gasteiger partial charge in [-0.1, -0.05) is 0 Å². The van der Waals surface area contributed by atoms with E-state index in [0.29, 0.717) is 13.2 Å². The molecule has 0 spiro atoms. The van der Waals surface area contributed by atoms with Crippen LogP contribution in [-0.4, -0.2) is 51.0 Å². The van der Waals surface area contributed by atoms with Gasteiger partial charge < -0.3 is 20.1 Å². The molecule has 1 fully saturated rings. The molecular weight excluding hydrogens is 230 g/mol.